The van der Waals surface area contributed by atoms with Crippen LogP contribution in [0.5, 0.6) is 5.75 Å². The van der Waals surface area contributed by atoms with Crippen LogP contribution < -0.4 is 16.0 Å². The number of aromatic amines is 1. The van der Waals surface area contributed by atoms with Gasteiger partial charge in [0, 0.05) is 5.75 Å². The van der Waals surface area contributed by atoms with Crippen LogP contribution in [0.3, 0.4) is 0 Å². The first-order valence-corrected chi connectivity index (χ1v) is 7.46. The first-order valence-electron chi connectivity index (χ1n) is 6.48. The predicted molar refractivity (Wildman–Crippen MR) is 81.9 cm³/mol. The number of methoxy groups -OCH3 is 1. The zero-order chi connectivity index (χ0) is 15.9. The van der Waals surface area contributed by atoms with Gasteiger partial charge in [0.15, 0.2) is 5.03 Å². The number of nitriles is 1. The largest absolute Gasteiger partial charge is 0.497 e. The third kappa shape index (κ3) is 3.99. The van der Waals surface area contributed by atoms with E-state index < -0.39 is 11.2 Å². The molecule has 0 aliphatic rings. The molecular formula is C14H14N4O3S. The number of H-pyrrole nitrogens is 1. The molecule has 0 spiro atoms. The van der Waals surface area contributed by atoms with Crippen molar-refractivity contribution < 1.29 is 4.74 Å². The van der Waals surface area contributed by atoms with Crippen molar-refractivity contribution in [1.82, 2.24) is 14.8 Å². The van der Waals surface area contributed by atoms with Crippen LogP contribution >= 0.6 is 11.8 Å². The van der Waals surface area contributed by atoms with Crippen molar-refractivity contribution in [3.05, 3.63) is 50.7 Å². The number of thioether (sulfide) groups is 1. The maximum atomic E-state index is 11.8. The van der Waals surface area contributed by atoms with Crippen molar-refractivity contribution in [3.8, 4) is 11.8 Å². The molecule has 0 saturated heterocycles. The molecule has 22 heavy (non-hydrogen) atoms. The number of hydrogen-bond acceptors (Lipinski definition) is 6. The predicted octanol–water partition coefficient (Wildman–Crippen LogP) is 1.15. The maximum absolute atomic E-state index is 11.8. The van der Waals surface area contributed by atoms with Gasteiger partial charge in [0.25, 0.3) is 5.56 Å². The van der Waals surface area contributed by atoms with E-state index in [9.17, 15) is 9.59 Å². The highest BCUT2D eigenvalue weighted by molar-refractivity contribution is 7.98. The van der Waals surface area contributed by atoms with Crippen LogP contribution in [0, 0.1) is 11.3 Å². The van der Waals surface area contributed by atoms with Gasteiger partial charge in [0.05, 0.1) is 26.1 Å². The molecule has 0 saturated carbocycles. The first-order chi connectivity index (χ1) is 10.6. The molecule has 0 unspecified atom stereocenters. The zero-order valence-electron chi connectivity index (χ0n) is 11.9. The minimum atomic E-state index is -0.603. The lowest BCUT2D eigenvalue weighted by Crippen LogP contribution is -2.33. The Morgan fingerprint density at radius 1 is 1.36 bits per heavy atom. The second kappa shape index (κ2) is 7.47. The number of aryl methyl sites for hydroxylation is 1. The molecule has 0 atom stereocenters. The normalized spacial score (nSPS) is 10.2. The molecule has 8 heteroatoms. The van der Waals surface area contributed by atoms with Crippen molar-refractivity contribution in [2.24, 2.45) is 0 Å². The third-order valence-electron chi connectivity index (χ3n) is 2.83. The van der Waals surface area contributed by atoms with E-state index >= 15 is 0 Å². The van der Waals surface area contributed by atoms with Crippen molar-refractivity contribution in [2.45, 2.75) is 23.7 Å². The van der Waals surface area contributed by atoms with E-state index in [4.69, 9.17) is 10.00 Å². The SMILES string of the molecule is COc1ccc(CSc2nn(CCC#N)c(=O)[nH]c2=O)cc1. The second-order valence-corrected chi connectivity index (χ2v) is 5.30. The van der Waals surface area contributed by atoms with Crippen molar-refractivity contribution in [3.63, 3.8) is 0 Å². The molecule has 1 N–H and O–H groups in total. The average Bonchev–Trinajstić information content (AvgIpc) is 2.53. The number of rotatable bonds is 6. The molecule has 114 valence electrons. The van der Waals surface area contributed by atoms with Crippen molar-refractivity contribution in [1.29, 1.82) is 5.26 Å². The van der Waals surface area contributed by atoms with Crippen LogP contribution in [-0.2, 0) is 12.3 Å². The van der Waals surface area contributed by atoms with E-state index in [2.05, 4.69) is 10.1 Å². The summed E-state index contributed by atoms with van der Waals surface area (Å²) >= 11 is 1.23. The first kappa shape index (κ1) is 15.9. The summed E-state index contributed by atoms with van der Waals surface area (Å²) in [5.74, 6) is 1.30. The lowest BCUT2D eigenvalue weighted by atomic mass is 10.2. The van der Waals surface area contributed by atoms with Gasteiger partial charge >= 0.3 is 5.69 Å². The summed E-state index contributed by atoms with van der Waals surface area (Å²) in [6, 6.07) is 9.39. The average molecular weight is 318 g/mol. The lowest BCUT2D eigenvalue weighted by Gasteiger charge is -2.05. The molecule has 2 aromatic rings. The quantitative estimate of drug-likeness (QED) is 0.802. The molecule has 0 aliphatic heterocycles. The Hall–Kier alpha value is -2.53. The number of aromatic nitrogens is 3. The number of benzene rings is 1. The monoisotopic (exact) mass is 318 g/mol. The van der Waals surface area contributed by atoms with Crippen molar-refractivity contribution in [2.75, 3.05) is 7.11 Å². The minimum absolute atomic E-state index is 0.154. The van der Waals surface area contributed by atoms with E-state index in [-0.39, 0.29) is 18.0 Å². The van der Waals surface area contributed by atoms with E-state index in [1.54, 1.807) is 7.11 Å². The van der Waals surface area contributed by atoms with Gasteiger partial charge in [-0.1, -0.05) is 23.9 Å². The van der Waals surface area contributed by atoms with Gasteiger partial charge in [-0.25, -0.2) is 9.48 Å². The molecule has 1 heterocycles. The summed E-state index contributed by atoms with van der Waals surface area (Å²) in [5.41, 5.74) is -0.118. The molecule has 1 aromatic carbocycles. The summed E-state index contributed by atoms with van der Waals surface area (Å²) in [6.45, 7) is 0.155. The molecule has 7 nitrogen and oxygen atoms in total. The topological polar surface area (TPSA) is 101 Å². The fourth-order valence-corrected chi connectivity index (χ4v) is 2.53. The highest BCUT2D eigenvalue weighted by Crippen LogP contribution is 2.19. The summed E-state index contributed by atoms with van der Waals surface area (Å²) < 4.78 is 6.18. The zero-order valence-corrected chi connectivity index (χ0v) is 12.7. The van der Waals surface area contributed by atoms with E-state index in [0.717, 1.165) is 16.0 Å². The van der Waals surface area contributed by atoms with Crippen LogP contribution in [0.1, 0.15) is 12.0 Å². The Bertz CT molecular complexity index is 789. The van der Waals surface area contributed by atoms with Gasteiger partial charge in [-0.05, 0) is 17.7 Å². The van der Waals surface area contributed by atoms with Gasteiger partial charge in [-0.15, -0.1) is 0 Å². The van der Waals surface area contributed by atoms with Crippen LogP contribution in [-0.4, -0.2) is 21.9 Å². The summed E-state index contributed by atoms with van der Waals surface area (Å²) in [7, 11) is 1.59. The van der Waals surface area contributed by atoms with Crippen molar-refractivity contribution >= 4 is 11.8 Å². The Morgan fingerprint density at radius 3 is 2.73 bits per heavy atom. The fourth-order valence-electron chi connectivity index (χ4n) is 1.69. The molecule has 0 bridgehead atoms. The van der Waals surface area contributed by atoms with Crippen LogP contribution in [0.2, 0.25) is 0 Å². The van der Waals surface area contributed by atoms with Gasteiger partial charge in [-0.2, -0.15) is 10.4 Å². The van der Waals surface area contributed by atoms with Gasteiger partial charge in [-0.3, -0.25) is 9.78 Å². The highest BCUT2D eigenvalue weighted by atomic mass is 32.2. The van der Waals surface area contributed by atoms with Crippen LogP contribution in [0.15, 0.2) is 38.9 Å². The molecule has 0 aliphatic carbocycles. The number of hydrogen-bond donors (Lipinski definition) is 1. The highest BCUT2D eigenvalue weighted by Gasteiger charge is 2.08. The van der Waals surface area contributed by atoms with Crippen LogP contribution in [0.25, 0.3) is 0 Å². The molecule has 1 aromatic heterocycles. The summed E-state index contributed by atoms with van der Waals surface area (Å²) in [4.78, 5) is 25.5. The third-order valence-corrected chi connectivity index (χ3v) is 3.85. The van der Waals surface area contributed by atoms with E-state index in [1.807, 2.05) is 30.3 Å². The smallest absolute Gasteiger partial charge is 0.344 e. The molecule has 0 fully saturated rings. The Labute approximate surface area is 130 Å². The number of nitrogens with one attached hydrogen (secondary N) is 1. The lowest BCUT2D eigenvalue weighted by molar-refractivity contribution is 0.414. The van der Waals surface area contributed by atoms with E-state index in [1.165, 1.54) is 11.8 Å². The van der Waals surface area contributed by atoms with E-state index in [0.29, 0.717) is 5.75 Å². The van der Waals surface area contributed by atoms with Gasteiger partial charge in [0.2, 0.25) is 0 Å². The standard InChI is InChI=1S/C14H14N4O3S/c1-21-11-5-3-10(4-6-11)9-22-13-12(19)16-14(20)18(17-13)8-2-7-15/h3-6H,2,8-9H2,1H3,(H,16,19,20). The molecule has 2 rings (SSSR count). The number of nitrogens with zero attached hydrogens (tertiary/aromatic N) is 3. The Morgan fingerprint density at radius 2 is 2.09 bits per heavy atom. The molecular weight excluding hydrogens is 304 g/mol. The summed E-state index contributed by atoms with van der Waals surface area (Å²) in [5, 5.41) is 12.8. The molecule has 0 radical (unpaired) electrons. The fraction of sp³-hybridized carbons (Fsp3) is 0.286. The Kier molecular flexibility index (Phi) is 5.38. The molecule has 0 amide bonds. The van der Waals surface area contributed by atoms with Crippen LogP contribution in [0.4, 0.5) is 0 Å². The summed E-state index contributed by atoms with van der Waals surface area (Å²) in [6.07, 6.45) is 0.154. The second-order valence-electron chi connectivity index (χ2n) is 4.33. The van der Waals surface area contributed by atoms with Gasteiger partial charge < -0.3 is 4.74 Å². The Balaban J connectivity index is 2.13. The van der Waals surface area contributed by atoms with Gasteiger partial charge in [0.1, 0.15) is 5.75 Å². The minimum Gasteiger partial charge on any atom is -0.497 e. The number of ether oxygens (including phenoxy) is 1. The maximum Gasteiger partial charge on any atom is 0.344 e.